The quantitative estimate of drug-likeness (QED) is 0.474. The maximum absolute atomic E-state index is 11.5. The minimum absolute atomic E-state index is 0.261. The van der Waals surface area contributed by atoms with Crippen LogP contribution in [-0.2, 0) is 24.1 Å². The molecule has 0 aliphatic heterocycles. The fourth-order valence-electron chi connectivity index (χ4n) is 4.26. The molecule has 2 aromatic carbocycles. The Bertz CT molecular complexity index is 1030. The molecule has 1 aliphatic rings. The average molecular weight is 404 g/mol. The van der Waals surface area contributed by atoms with Crippen LogP contribution in [0.2, 0.25) is 0 Å². The van der Waals surface area contributed by atoms with Crippen LogP contribution < -0.4 is 4.74 Å². The molecule has 4 rings (SSSR count). The van der Waals surface area contributed by atoms with E-state index in [1.54, 1.807) is 6.92 Å². The summed E-state index contributed by atoms with van der Waals surface area (Å²) in [7, 11) is 0. The van der Waals surface area contributed by atoms with Crippen molar-refractivity contribution < 1.29 is 13.9 Å². The van der Waals surface area contributed by atoms with Crippen LogP contribution in [0.5, 0.6) is 5.75 Å². The van der Waals surface area contributed by atoms with Crippen LogP contribution in [-0.4, -0.2) is 17.4 Å². The molecule has 0 spiro atoms. The third kappa shape index (κ3) is 4.48. The van der Waals surface area contributed by atoms with Crippen LogP contribution in [0, 0.1) is 6.92 Å². The Morgan fingerprint density at radius 1 is 1.20 bits per heavy atom. The number of ketones is 1. The summed E-state index contributed by atoms with van der Waals surface area (Å²) in [5.74, 6) is 3.02. The second-order valence-corrected chi connectivity index (χ2v) is 8.17. The SMILES string of the molecule is CCc1ccc(-c2nc(CCOc3ccc4c(c3)CC[C@@H]4CC(C)=O)c(C)o2)cc1. The highest BCUT2D eigenvalue weighted by atomic mass is 16.5. The van der Waals surface area contributed by atoms with Crippen molar-refractivity contribution in [2.24, 2.45) is 0 Å². The topological polar surface area (TPSA) is 52.3 Å². The first-order chi connectivity index (χ1) is 14.5. The molecule has 4 nitrogen and oxygen atoms in total. The molecule has 1 heterocycles. The molecule has 0 radical (unpaired) electrons. The molecule has 4 heteroatoms. The second-order valence-electron chi connectivity index (χ2n) is 8.17. The maximum atomic E-state index is 11.5. The van der Waals surface area contributed by atoms with Crippen LogP contribution >= 0.6 is 0 Å². The fourth-order valence-corrected chi connectivity index (χ4v) is 4.26. The number of hydrogen-bond acceptors (Lipinski definition) is 4. The lowest BCUT2D eigenvalue weighted by molar-refractivity contribution is -0.117. The number of rotatable bonds is 8. The number of fused-ring (bicyclic) bond motifs is 1. The zero-order valence-corrected chi connectivity index (χ0v) is 18.0. The first kappa shape index (κ1) is 20.4. The molecule has 1 atom stereocenters. The van der Waals surface area contributed by atoms with Gasteiger partial charge in [-0.3, -0.25) is 0 Å². The minimum atomic E-state index is 0.261. The van der Waals surface area contributed by atoms with Crippen molar-refractivity contribution in [1.29, 1.82) is 0 Å². The second kappa shape index (κ2) is 8.86. The molecule has 3 aromatic rings. The molecule has 1 aliphatic carbocycles. The molecule has 0 bridgehead atoms. The standard InChI is InChI=1S/C26H29NO3/c1-4-19-5-7-20(8-6-19)26-27-25(18(3)30-26)13-14-29-23-11-12-24-21(15-17(2)28)9-10-22(24)16-23/h5-8,11-12,16,21H,4,9-10,13-15H2,1-3H3/t21-/m1/s1. The van der Waals surface area contributed by atoms with E-state index in [1.165, 1.54) is 16.7 Å². The van der Waals surface area contributed by atoms with E-state index in [4.69, 9.17) is 9.15 Å². The Balaban J connectivity index is 1.37. The van der Waals surface area contributed by atoms with Gasteiger partial charge in [0.2, 0.25) is 5.89 Å². The normalized spacial score (nSPS) is 15.2. The summed E-state index contributed by atoms with van der Waals surface area (Å²) in [5, 5.41) is 0. The van der Waals surface area contributed by atoms with Gasteiger partial charge in [-0.05, 0) is 80.0 Å². The van der Waals surface area contributed by atoms with Gasteiger partial charge in [-0.1, -0.05) is 25.1 Å². The monoisotopic (exact) mass is 403 g/mol. The summed E-state index contributed by atoms with van der Waals surface area (Å²) in [6.07, 6.45) is 4.44. The van der Waals surface area contributed by atoms with E-state index in [1.807, 2.05) is 13.0 Å². The molecular formula is C26H29NO3. The Kier molecular flexibility index (Phi) is 6.03. The molecule has 156 valence electrons. The number of benzene rings is 2. The Hall–Kier alpha value is -2.88. The van der Waals surface area contributed by atoms with Crippen molar-refractivity contribution in [3.63, 3.8) is 0 Å². The molecule has 0 saturated carbocycles. The maximum Gasteiger partial charge on any atom is 0.226 e. The van der Waals surface area contributed by atoms with Gasteiger partial charge in [0, 0.05) is 18.4 Å². The van der Waals surface area contributed by atoms with Crippen LogP contribution in [0.1, 0.15) is 60.8 Å². The smallest absolute Gasteiger partial charge is 0.226 e. The van der Waals surface area contributed by atoms with Crippen molar-refractivity contribution in [2.45, 2.75) is 58.8 Å². The molecule has 0 unspecified atom stereocenters. The predicted molar refractivity (Wildman–Crippen MR) is 118 cm³/mol. The van der Waals surface area contributed by atoms with Crippen molar-refractivity contribution >= 4 is 5.78 Å². The zero-order chi connectivity index (χ0) is 21.1. The van der Waals surface area contributed by atoms with Crippen molar-refractivity contribution in [3.05, 3.63) is 70.6 Å². The van der Waals surface area contributed by atoms with Crippen molar-refractivity contribution in [3.8, 4) is 17.2 Å². The third-order valence-electron chi connectivity index (χ3n) is 5.96. The summed E-state index contributed by atoms with van der Waals surface area (Å²) in [6, 6.07) is 14.6. The molecular weight excluding hydrogens is 374 g/mol. The largest absolute Gasteiger partial charge is 0.493 e. The number of aryl methyl sites for hydroxylation is 3. The average Bonchev–Trinajstić information content (AvgIpc) is 3.31. The first-order valence-corrected chi connectivity index (χ1v) is 10.8. The number of Topliss-reactive ketones (excluding diaryl/α,β-unsaturated/α-hetero) is 1. The highest BCUT2D eigenvalue weighted by molar-refractivity contribution is 5.76. The summed E-state index contributed by atoms with van der Waals surface area (Å²) in [6.45, 7) is 6.33. The number of ether oxygens (including phenoxy) is 1. The van der Waals surface area contributed by atoms with Gasteiger partial charge in [0.05, 0.1) is 12.3 Å². The van der Waals surface area contributed by atoms with Gasteiger partial charge in [0.25, 0.3) is 0 Å². The van der Waals surface area contributed by atoms with Gasteiger partial charge in [0.15, 0.2) is 0 Å². The van der Waals surface area contributed by atoms with E-state index >= 15 is 0 Å². The predicted octanol–water partition coefficient (Wildman–Crippen LogP) is 5.84. The molecule has 0 N–H and O–H groups in total. The van der Waals surface area contributed by atoms with Gasteiger partial charge in [-0.25, -0.2) is 4.98 Å². The van der Waals surface area contributed by atoms with Crippen LogP contribution in [0.15, 0.2) is 46.9 Å². The van der Waals surface area contributed by atoms with E-state index in [0.29, 0.717) is 31.3 Å². The number of hydrogen-bond donors (Lipinski definition) is 0. The van der Waals surface area contributed by atoms with Crippen molar-refractivity contribution in [1.82, 2.24) is 4.98 Å². The molecule has 0 fully saturated rings. The Labute approximate surface area is 178 Å². The summed E-state index contributed by atoms with van der Waals surface area (Å²) in [5.41, 5.74) is 5.86. The van der Waals surface area contributed by atoms with E-state index in [0.717, 1.165) is 42.0 Å². The Morgan fingerprint density at radius 2 is 2.00 bits per heavy atom. The van der Waals surface area contributed by atoms with Gasteiger partial charge >= 0.3 is 0 Å². The van der Waals surface area contributed by atoms with Gasteiger partial charge in [-0.2, -0.15) is 0 Å². The zero-order valence-electron chi connectivity index (χ0n) is 18.0. The van der Waals surface area contributed by atoms with Gasteiger partial charge in [-0.15, -0.1) is 0 Å². The molecule has 1 aromatic heterocycles. The number of aromatic nitrogens is 1. The van der Waals surface area contributed by atoms with Gasteiger partial charge < -0.3 is 13.9 Å². The minimum Gasteiger partial charge on any atom is -0.493 e. The molecule has 0 saturated heterocycles. The lowest BCUT2D eigenvalue weighted by atomic mass is 9.96. The number of nitrogens with zero attached hydrogens (tertiary/aromatic N) is 1. The van der Waals surface area contributed by atoms with E-state index in [2.05, 4.69) is 48.3 Å². The van der Waals surface area contributed by atoms with Crippen LogP contribution in [0.25, 0.3) is 11.5 Å². The van der Waals surface area contributed by atoms with E-state index in [-0.39, 0.29) is 5.78 Å². The number of carbonyl (C=O) groups is 1. The van der Waals surface area contributed by atoms with Crippen molar-refractivity contribution in [2.75, 3.05) is 6.61 Å². The summed E-state index contributed by atoms with van der Waals surface area (Å²) < 4.78 is 11.9. The molecule has 30 heavy (non-hydrogen) atoms. The third-order valence-corrected chi connectivity index (χ3v) is 5.96. The highest BCUT2D eigenvalue weighted by Gasteiger charge is 2.24. The number of oxazole rings is 1. The Morgan fingerprint density at radius 3 is 2.73 bits per heavy atom. The van der Waals surface area contributed by atoms with Crippen LogP contribution in [0.4, 0.5) is 0 Å². The van der Waals surface area contributed by atoms with Crippen LogP contribution in [0.3, 0.4) is 0 Å². The lowest BCUT2D eigenvalue weighted by Crippen LogP contribution is -2.04. The summed E-state index contributed by atoms with van der Waals surface area (Å²) >= 11 is 0. The molecule has 0 amide bonds. The fraction of sp³-hybridized carbons (Fsp3) is 0.385. The van der Waals surface area contributed by atoms with E-state index in [9.17, 15) is 4.79 Å². The van der Waals surface area contributed by atoms with E-state index < -0.39 is 0 Å². The summed E-state index contributed by atoms with van der Waals surface area (Å²) in [4.78, 5) is 16.1. The highest BCUT2D eigenvalue weighted by Crippen LogP contribution is 2.37. The number of carbonyl (C=O) groups excluding carboxylic acids is 1. The first-order valence-electron chi connectivity index (χ1n) is 10.8. The van der Waals surface area contributed by atoms with Gasteiger partial charge in [0.1, 0.15) is 17.3 Å². The lowest BCUT2D eigenvalue weighted by Gasteiger charge is -2.11.